The molecule has 3 atom stereocenters. The molecule has 7 heterocycles. The predicted octanol–water partition coefficient (Wildman–Crippen LogP) is 4.11. The van der Waals surface area contributed by atoms with Gasteiger partial charge in [0.2, 0.25) is 11.8 Å². The number of alkyl halides is 2. The maximum Gasteiger partial charge on any atom is 0.329 e. The number of ether oxygens (including phenoxy) is 2. The minimum absolute atomic E-state index is 0.0340. The third-order valence-corrected chi connectivity index (χ3v) is 12.0. The van der Waals surface area contributed by atoms with Crippen LogP contribution in [0.3, 0.4) is 0 Å². The third-order valence-electron chi connectivity index (χ3n) is 12.0. The van der Waals surface area contributed by atoms with Crippen molar-refractivity contribution in [2.24, 2.45) is 13.0 Å². The largest absolute Gasteiger partial charge is 0.381 e. The van der Waals surface area contributed by atoms with Crippen LogP contribution in [0.25, 0.3) is 16.7 Å². The number of rotatable bonds is 12. The first kappa shape index (κ1) is 37.1. The second-order valence-corrected chi connectivity index (χ2v) is 15.6. The number of nitrogens with one attached hydrogen (secondary N) is 2. The monoisotopic (exact) mass is 786 g/mol. The molecular weight excluding hydrogens is 742 g/mol. The molecule has 3 saturated heterocycles. The number of imidazole rings is 1. The first-order valence-electron chi connectivity index (χ1n) is 19.6. The van der Waals surface area contributed by atoms with Crippen molar-refractivity contribution in [3.63, 3.8) is 0 Å². The number of para-hydroxylation sites is 1. The number of hydrogen-bond acceptors (Lipinski definition) is 10. The van der Waals surface area contributed by atoms with Crippen molar-refractivity contribution in [2.45, 2.75) is 88.4 Å². The fourth-order valence-electron chi connectivity index (χ4n) is 9.04. The highest BCUT2D eigenvalue weighted by Gasteiger charge is 2.40. The zero-order valence-corrected chi connectivity index (χ0v) is 31.5. The lowest BCUT2D eigenvalue weighted by atomic mass is 9.86. The minimum Gasteiger partial charge on any atom is -0.381 e. The smallest absolute Gasteiger partial charge is 0.329 e. The van der Waals surface area contributed by atoms with Crippen molar-refractivity contribution in [3.8, 4) is 0 Å². The van der Waals surface area contributed by atoms with Gasteiger partial charge in [-0.15, -0.1) is 0 Å². The summed E-state index contributed by atoms with van der Waals surface area (Å²) in [4.78, 5) is 57.9. The van der Waals surface area contributed by atoms with E-state index in [0.717, 1.165) is 62.0 Å². The van der Waals surface area contributed by atoms with Gasteiger partial charge in [-0.2, -0.15) is 10.2 Å². The van der Waals surface area contributed by atoms with E-state index in [1.807, 2.05) is 24.3 Å². The lowest BCUT2D eigenvalue weighted by Gasteiger charge is -2.28. The zero-order valence-electron chi connectivity index (χ0n) is 31.5. The summed E-state index contributed by atoms with van der Waals surface area (Å²) in [6, 6.07) is 6.94. The van der Waals surface area contributed by atoms with Crippen LogP contribution >= 0.6 is 0 Å². The van der Waals surface area contributed by atoms with Gasteiger partial charge in [0.05, 0.1) is 47.7 Å². The van der Waals surface area contributed by atoms with Crippen molar-refractivity contribution >= 4 is 45.9 Å². The number of carbonyl (C=O) groups is 3. The van der Waals surface area contributed by atoms with Crippen LogP contribution in [-0.4, -0.2) is 89.7 Å². The van der Waals surface area contributed by atoms with E-state index < -0.39 is 30.0 Å². The Labute approximate surface area is 325 Å². The molecule has 1 saturated carbocycles. The number of hydrogen-bond donors (Lipinski definition) is 2. The van der Waals surface area contributed by atoms with Gasteiger partial charge in [0, 0.05) is 45.6 Å². The molecule has 1 unspecified atom stereocenters. The molecule has 0 radical (unpaired) electrons. The number of anilines is 2. The number of aromatic nitrogens is 7. The SMILES string of the molecule is Cn1c(=O)n(C2CCC(=O)NC2=O)c2cccc(CCCOCC3CCC(n4cc(NC(=O)c5cnn6ccc(N7C[C@H]8C[C@@H]7CO8)nc56)c(C(F)F)n4)CC3)c21. The number of piperidine rings is 1. The average Bonchev–Trinajstić information content (AvgIpc) is 4.05. The summed E-state index contributed by atoms with van der Waals surface area (Å²) in [6.45, 7) is 2.46. The van der Waals surface area contributed by atoms with Gasteiger partial charge in [0.1, 0.15) is 17.4 Å². The number of nitrogens with zero attached hydrogens (tertiary/aromatic N) is 8. The Balaban J connectivity index is 0.780. The Bertz CT molecular complexity index is 2410. The molecule has 3 aliphatic heterocycles. The van der Waals surface area contributed by atoms with Crippen LogP contribution in [0.15, 0.2) is 47.7 Å². The van der Waals surface area contributed by atoms with E-state index in [2.05, 4.69) is 25.7 Å². The molecule has 1 aliphatic carbocycles. The summed E-state index contributed by atoms with van der Waals surface area (Å²) in [7, 11) is 1.70. The predicted molar refractivity (Wildman–Crippen MR) is 202 cm³/mol. The van der Waals surface area contributed by atoms with Crippen molar-refractivity contribution in [2.75, 3.05) is 36.6 Å². The fraction of sp³-hybridized carbons (Fsp3) is 0.513. The normalized spacial score (nSPS) is 23.6. The van der Waals surface area contributed by atoms with E-state index >= 15 is 0 Å². The third kappa shape index (κ3) is 6.98. The number of morpholine rings is 1. The molecule has 57 heavy (non-hydrogen) atoms. The lowest BCUT2D eigenvalue weighted by Crippen LogP contribution is -2.44. The summed E-state index contributed by atoms with van der Waals surface area (Å²) in [5.41, 5.74) is 2.12. The second kappa shape index (κ2) is 15.1. The molecule has 1 aromatic carbocycles. The van der Waals surface area contributed by atoms with Crippen molar-refractivity contribution in [3.05, 3.63) is 70.2 Å². The van der Waals surface area contributed by atoms with E-state index in [1.165, 1.54) is 21.5 Å². The molecule has 18 heteroatoms. The van der Waals surface area contributed by atoms with E-state index in [4.69, 9.17) is 14.5 Å². The Morgan fingerprint density at radius 1 is 1.11 bits per heavy atom. The molecular formula is C39H44F2N10O6. The maximum absolute atomic E-state index is 14.2. The van der Waals surface area contributed by atoms with Crippen LogP contribution in [0.2, 0.25) is 0 Å². The molecule has 4 fully saturated rings. The standard InChI is InChI=1S/C39H44F2N10O6/c1-47-34-23(4-2-6-29(34)51(39(47)55)30-11-12-32(52)45-38(30)54)5-3-15-56-20-22-7-9-24(10-8-22)50-19-28(33(46-50)35(40)41)43-37(53)27-17-42-49-14-13-31(44-36(27)49)48-18-26-16-25(48)21-57-26/h2,4,6,13-14,17,19,22,24-26,30,35H,3,5,7-12,15-16,18,20-21H2,1H3,(H,43,53)(H,45,52,54)/t22?,24?,25-,26-,30?/m1/s1. The Morgan fingerprint density at radius 2 is 1.95 bits per heavy atom. The maximum atomic E-state index is 14.2. The summed E-state index contributed by atoms with van der Waals surface area (Å²) in [5, 5.41) is 13.5. The van der Waals surface area contributed by atoms with Crippen LogP contribution < -0.4 is 21.2 Å². The Hall–Kier alpha value is -5.49. The number of imide groups is 1. The number of halogens is 2. The lowest BCUT2D eigenvalue weighted by molar-refractivity contribution is -0.135. The van der Waals surface area contributed by atoms with Gasteiger partial charge in [-0.3, -0.25) is 33.5 Å². The molecule has 3 amide bonds. The Kier molecular flexibility index (Phi) is 9.84. The van der Waals surface area contributed by atoms with E-state index in [1.54, 1.807) is 22.5 Å². The second-order valence-electron chi connectivity index (χ2n) is 15.6. The van der Waals surface area contributed by atoms with E-state index in [-0.39, 0.29) is 53.9 Å². The number of aryl methyl sites for hydroxylation is 2. The van der Waals surface area contributed by atoms with Crippen molar-refractivity contribution in [1.82, 2.24) is 38.8 Å². The van der Waals surface area contributed by atoms with Gasteiger partial charge in [-0.1, -0.05) is 12.1 Å². The van der Waals surface area contributed by atoms with Crippen LogP contribution in [0, 0.1) is 5.92 Å². The van der Waals surface area contributed by atoms with Gasteiger partial charge in [-0.05, 0) is 75.0 Å². The van der Waals surface area contributed by atoms with Gasteiger partial charge in [0.25, 0.3) is 12.3 Å². The molecule has 2 N–H and O–H groups in total. The van der Waals surface area contributed by atoms with Crippen LogP contribution in [0.5, 0.6) is 0 Å². The minimum atomic E-state index is -2.88. The molecule has 300 valence electrons. The van der Waals surface area contributed by atoms with Crippen molar-refractivity contribution < 1.29 is 32.6 Å². The summed E-state index contributed by atoms with van der Waals surface area (Å²) in [5.74, 6) is -0.344. The average molecular weight is 787 g/mol. The topological polar surface area (TPSA) is 172 Å². The molecule has 4 aliphatic rings. The van der Waals surface area contributed by atoms with Crippen LogP contribution in [-0.2, 0) is 32.5 Å². The number of benzene rings is 1. The van der Waals surface area contributed by atoms with Gasteiger partial charge in [-0.25, -0.2) is 23.1 Å². The molecule has 9 rings (SSSR count). The van der Waals surface area contributed by atoms with Crippen LogP contribution in [0.4, 0.5) is 20.3 Å². The summed E-state index contributed by atoms with van der Waals surface area (Å²) >= 11 is 0. The Morgan fingerprint density at radius 3 is 2.70 bits per heavy atom. The fourth-order valence-corrected chi connectivity index (χ4v) is 9.04. The summed E-state index contributed by atoms with van der Waals surface area (Å²) < 4.78 is 46.4. The number of fused-ring (bicyclic) bond motifs is 4. The first-order valence-corrected chi connectivity index (χ1v) is 19.6. The zero-order chi connectivity index (χ0) is 39.4. The van der Waals surface area contributed by atoms with E-state index in [0.29, 0.717) is 43.3 Å². The molecule has 0 spiro atoms. The van der Waals surface area contributed by atoms with E-state index in [9.17, 15) is 28.0 Å². The summed E-state index contributed by atoms with van der Waals surface area (Å²) in [6.07, 6.45) is 7.88. The highest BCUT2D eigenvalue weighted by Crippen LogP contribution is 2.36. The highest BCUT2D eigenvalue weighted by molar-refractivity contribution is 6.08. The van der Waals surface area contributed by atoms with Crippen LogP contribution in [0.1, 0.15) is 91.5 Å². The molecule has 5 aromatic rings. The molecule has 2 bridgehead atoms. The first-order chi connectivity index (χ1) is 27.6. The van der Waals surface area contributed by atoms with Gasteiger partial charge in [0.15, 0.2) is 11.3 Å². The number of carbonyl (C=O) groups excluding carboxylic acids is 3. The molecule has 4 aromatic heterocycles. The quantitative estimate of drug-likeness (QED) is 0.139. The van der Waals surface area contributed by atoms with Gasteiger partial charge < -0.3 is 19.7 Å². The molecule has 16 nitrogen and oxygen atoms in total. The van der Waals surface area contributed by atoms with Crippen molar-refractivity contribution in [1.29, 1.82) is 0 Å². The number of amides is 3. The highest BCUT2D eigenvalue weighted by atomic mass is 19.3. The van der Waals surface area contributed by atoms with Gasteiger partial charge >= 0.3 is 5.69 Å².